The summed E-state index contributed by atoms with van der Waals surface area (Å²) in [5.74, 6) is -1.02. The number of carbonyl (C=O) groups is 2. The molecule has 1 saturated heterocycles. The molecular weight excluding hydrogens is 257 g/mol. The highest BCUT2D eigenvalue weighted by molar-refractivity contribution is 6.00. The lowest BCUT2D eigenvalue weighted by Gasteiger charge is -2.09. The first-order chi connectivity index (χ1) is 9.13. The number of fused-ring (bicyclic) bond motifs is 1. The van der Waals surface area contributed by atoms with Gasteiger partial charge >= 0.3 is 12.0 Å². The summed E-state index contributed by atoms with van der Waals surface area (Å²) in [6.45, 7) is 0. The number of carbonyl (C=O) groups excluding carboxylic acids is 2. The number of rotatable bonds is 2. The van der Waals surface area contributed by atoms with Crippen molar-refractivity contribution in [2.75, 3.05) is 5.32 Å². The van der Waals surface area contributed by atoms with Crippen LogP contribution in [0.5, 0.6) is 0 Å². The lowest BCUT2D eigenvalue weighted by atomic mass is 10.2. The first-order valence-corrected chi connectivity index (χ1v) is 5.50. The van der Waals surface area contributed by atoms with E-state index in [1.807, 2.05) is 0 Å². The highest BCUT2D eigenvalue weighted by atomic mass is 19.1. The summed E-state index contributed by atoms with van der Waals surface area (Å²) < 4.78 is 18.0. The summed E-state index contributed by atoms with van der Waals surface area (Å²) in [6.07, 6.45) is -0.0776. The first kappa shape index (κ1) is 11.5. The van der Waals surface area contributed by atoms with Crippen LogP contribution >= 0.6 is 0 Å². The maximum absolute atomic E-state index is 13.2. The van der Waals surface area contributed by atoms with Crippen molar-refractivity contribution in [3.05, 3.63) is 12.4 Å². The Morgan fingerprint density at radius 3 is 3.11 bits per heavy atom. The second-order valence-corrected chi connectivity index (χ2v) is 3.95. The van der Waals surface area contributed by atoms with Crippen molar-refractivity contribution in [3.8, 4) is 0 Å². The van der Waals surface area contributed by atoms with Crippen molar-refractivity contribution >= 4 is 28.9 Å². The Morgan fingerprint density at radius 1 is 1.53 bits per heavy atom. The molecule has 8 nitrogen and oxygen atoms in total. The molecule has 1 fully saturated rings. The van der Waals surface area contributed by atoms with E-state index in [9.17, 15) is 14.0 Å². The van der Waals surface area contributed by atoms with E-state index in [2.05, 4.69) is 25.3 Å². The van der Waals surface area contributed by atoms with Gasteiger partial charge in [0, 0.05) is 12.8 Å². The maximum atomic E-state index is 13.2. The summed E-state index contributed by atoms with van der Waals surface area (Å²) in [5, 5.41) is 2.40. The number of amides is 1. The monoisotopic (exact) mass is 265 g/mol. The topological polar surface area (TPSA) is 110 Å². The molecule has 2 aromatic heterocycles. The van der Waals surface area contributed by atoms with Crippen LogP contribution < -0.4 is 5.32 Å². The zero-order chi connectivity index (χ0) is 13.4. The molecule has 98 valence electrons. The third-order valence-electron chi connectivity index (χ3n) is 2.68. The van der Waals surface area contributed by atoms with Crippen molar-refractivity contribution in [2.24, 2.45) is 0 Å². The van der Waals surface area contributed by atoms with E-state index >= 15 is 0 Å². The van der Waals surface area contributed by atoms with E-state index in [0.29, 0.717) is 11.9 Å². The molecule has 3 rings (SSSR count). The summed E-state index contributed by atoms with van der Waals surface area (Å²) in [4.78, 5) is 36.2. The number of nitrogens with zero attached hydrogens (tertiary/aromatic N) is 3. The number of nitrogens with one attached hydrogen (secondary N) is 2. The lowest BCUT2D eigenvalue weighted by molar-refractivity contribution is -0.146. The van der Waals surface area contributed by atoms with Gasteiger partial charge in [0.25, 0.3) is 5.91 Å². The van der Waals surface area contributed by atoms with Gasteiger partial charge in [0.15, 0.2) is 17.6 Å². The Kier molecular flexibility index (Phi) is 2.58. The maximum Gasteiger partial charge on any atom is 0.312 e. The average molecular weight is 265 g/mol. The predicted octanol–water partition coefficient (Wildman–Crippen LogP) is 0.136. The molecule has 0 unspecified atom stereocenters. The molecule has 19 heavy (non-hydrogen) atoms. The van der Waals surface area contributed by atoms with Gasteiger partial charge in [0.05, 0.1) is 6.33 Å². The number of aromatic nitrogens is 4. The van der Waals surface area contributed by atoms with Crippen LogP contribution in [0.4, 0.5) is 10.2 Å². The molecule has 0 radical (unpaired) electrons. The van der Waals surface area contributed by atoms with Gasteiger partial charge in [-0.3, -0.25) is 9.59 Å². The predicted molar refractivity (Wildman–Crippen MR) is 59.4 cm³/mol. The standard InChI is InChI=1S/C10H8FN5O3/c11-10-15-7-6(12-3-13-7)8(16-10)14-9(18)4-1-2-5(17)19-4/h3-4H,1-2H2,(H2,12,13,14,15,16,18)/t4-/m1/s1. The van der Waals surface area contributed by atoms with Crippen LogP contribution in [0, 0.1) is 6.08 Å². The van der Waals surface area contributed by atoms with Crippen molar-refractivity contribution in [2.45, 2.75) is 18.9 Å². The number of hydrogen-bond acceptors (Lipinski definition) is 6. The second-order valence-electron chi connectivity index (χ2n) is 3.95. The van der Waals surface area contributed by atoms with Gasteiger partial charge in [-0.05, 0) is 0 Å². The Hall–Kier alpha value is -2.58. The number of hydrogen-bond donors (Lipinski definition) is 2. The number of halogens is 1. The van der Waals surface area contributed by atoms with E-state index in [4.69, 9.17) is 4.74 Å². The molecular formula is C10H8FN5O3. The van der Waals surface area contributed by atoms with Crippen LogP contribution in [-0.2, 0) is 14.3 Å². The summed E-state index contributed by atoms with van der Waals surface area (Å²) >= 11 is 0. The zero-order valence-electron chi connectivity index (χ0n) is 9.51. The van der Waals surface area contributed by atoms with E-state index in [1.165, 1.54) is 6.33 Å². The zero-order valence-corrected chi connectivity index (χ0v) is 9.51. The summed E-state index contributed by atoms with van der Waals surface area (Å²) in [5.41, 5.74) is 0.408. The van der Waals surface area contributed by atoms with Crippen LogP contribution in [-0.4, -0.2) is 37.9 Å². The van der Waals surface area contributed by atoms with Gasteiger partial charge in [-0.1, -0.05) is 0 Å². The van der Waals surface area contributed by atoms with E-state index in [1.54, 1.807) is 0 Å². The van der Waals surface area contributed by atoms with Crippen molar-refractivity contribution in [3.63, 3.8) is 0 Å². The van der Waals surface area contributed by atoms with Gasteiger partial charge < -0.3 is 15.0 Å². The molecule has 2 N–H and O–H groups in total. The van der Waals surface area contributed by atoms with E-state index in [-0.39, 0.29) is 17.9 Å². The Morgan fingerprint density at radius 2 is 2.37 bits per heavy atom. The van der Waals surface area contributed by atoms with Gasteiger partial charge in [-0.2, -0.15) is 14.4 Å². The Labute approximate surface area is 105 Å². The molecule has 0 saturated carbocycles. The normalized spacial score (nSPS) is 18.6. The van der Waals surface area contributed by atoms with Gasteiger partial charge in [0.2, 0.25) is 0 Å². The van der Waals surface area contributed by atoms with Crippen LogP contribution in [0.1, 0.15) is 12.8 Å². The van der Waals surface area contributed by atoms with Gasteiger partial charge in [0.1, 0.15) is 5.52 Å². The highest BCUT2D eigenvalue weighted by Crippen LogP contribution is 2.19. The molecule has 1 atom stereocenters. The van der Waals surface area contributed by atoms with Crippen molar-refractivity contribution < 1.29 is 18.7 Å². The Bertz CT molecular complexity index is 670. The average Bonchev–Trinajstić information content (AvgIpc) is 2.97. The van der Waals surface area contributed by atoms with Gasteiger partial charge in [-0.15, -0.1) is 0 Å². The first-order valence-electron chi connectivity index (χ1n) is 5.50. The van der Waals surface area contributed by atoms with Crippen LogP contribution in [0.2, 0.25) is 0 Å². The lowest BCUT2D eigenvalue weighted by Crippen LogP contribution is -2.28. The largest absolute Gasteiger partial charge is 0.452 e. The minimum atomic E-state index is -1.00. The SMILES string of the molecule is O=C1CC[C@H](C(=O)Nc2nc(F)nc3nc[nH]c23)O1. The fraction of sp³-hybridized carbons (Fsp3) is 0.300. The molecule has 9 heteroatoms. The number of imidazole rings is 1. The summed E-state index contributed by atoms with van der Waals surface area (Å²) in [7, 11) is 0. The number of aromatic amines is 1. The van der Waals surface area contributed by atoms with Crippen molar-refractivity contribution in [1.29, 1.82) is 0 Å². The Balaban J connectivity index is 1.86. The molecule has 3 heterocycles. The number of esters is 1. The molecule has 1 amide bonds. The molecule has 0 bridgehead atoms. The minimum absolute atomic E-state index is 0.0343. The number of anilines is 1. The van der Waals surface area contributed by atoms with Crippen LogP contribution in [0.25, 0.3) is 11.2 Å². The molecule has 1 aliphatic heterocycles. The fourth-order valence-electron chi connectivity index (χ4n) is 1.80. The minimum Gasteiger partial charge on any atom is -0.452 e. The van der Waals surface area contributed by atoms with Crippen molar-refractivity contribution in [1.82, 2.24) is 19.9 Å². The number of cyclic esters (lactones) is 1. The van der Waals surface area contributed by atoms with E-state index in [0.717, 1.165) is 0 Å². The molecule has 0 spiro atoms. The quantitative estimate of drug-likeness (QED) is 0.590. The summed E-state index contributed by atoms with van der Waals surface area (Å²) in [6, 6.07) is 0. The third kappa shape index (κ3) is 2.09. The molecule has 0 aliphatic carbocycles. The van der Waals surface area contributed by atoms with E-state index < -0.39 is 24.1 Å². The molecule has 2 aromatic rings. The second kappa shape index (κ2) is 4.26. The fourth-order valence-corrected chi connectivity index (χ4v) is 1.80. The molecule has 0 aromatic carbocycles. The third-order valence-corrected chi connectivity index (χ3v) is 2.68. The van der Waals surface area contributed by atoms with Crippen LogP contribution in [0.3, 0.4) is 0 Å². The smallest absolute Gasteiger partial charge is 0.312 e. The molecule has 1 aliphatic rings. The van der Waals surface area contributed by atoms with Crippen LogP contribution in [0.15, 0.2) is 6.33 Å². The number of H-pyrrole nitrogens is 1. The van der Waals surface area contributed by atoms with Gasteiger partial charge in [-0.25, -0.2) is 4.98 Å². The number of ether oxygens (including phenoxy) is 1. The highest BCUT2D eigenvalue weighted by Gasteiger charge is 2.30.